The average molecular weight is 353 g/mol. The average Bonchev–Trinajstić information content (AvgIpc) is 2.62. The predicted octanol–water partition coefficient (Wildman–Crippen LogP) is 3.69. The van der Waals surface area contributed by atoms with Crippen LogP contribution in [0.2, 0.25) is 0 Å². The van der Waals surface area contributed by atoms with Crippen LogP contribution < -0.4 is 10.2 Å². The number of carbonyl (C=O) groups excluding carboxylic acids is 1. The molecule has 1 aliphatic carbocycles. The van der Waals surface area contributed by atoms with Crippen molar-refractivity contribution >= 4 is 11.7 Å². The van der Waals surface area contributed by atoms with Gasteiger partial charge in [0.25, 0.3) is 0 Å². The Morgan fingerprint density at radius 2 is 2.08 bits per heavy atom. The van der Waals surface area contributed by atoms with E-state index in [0.29, 0.717) is 12.4 Å². The van der Waals surface area contributed by atoms with Crippen LogP contribution in [-0.2, 0) is 11.0 Å². The van der Waals surface area contributed by atoms with E-state index in [1.54, 1.807) is 0 Å². The summed E-state index contributed by atoms with van der Waals surface area (Å²) in [7, 11) is 0. The minimum absolute atomic E-state index is 0.00632. The van der Waals surface area contributed by atoms with Gasteiger partial charge < -0.3 is 10.2 Å². The number of piperidine rings is 1. The van der Waals surface area contributed by atoms with Gasteiger partial charge in [-0.15, -0.1) is 0 Å². The molecule has 1 aromatic rings. The fourth-order valence-electron chi connectivity index (χ4n) is 3.37. The zero-order chi connectivity index (χ0) is 17.9. The van der Waals surface area contributed by atoms with Crippen LogP contribution in [0.1, 0.15) is 44.1 Å². The lowest BCUT2D eigenvalue weighted by Gasteiger charge is -2.34. The standard InChI is InChI=1S/C18H22F3N3O/c19-18(20,21)14-8-9-16(22-11-14)24-10-4-7-15(12-24)23-17(25)13-5-2-1-3-6-13/h5,8-9,11,15H,1-4,6-7,10,12H2,(H,23,25)/t15-/m0/s1. The van der Waals surface area contributed by atoms with Gasteiger partial charge in [0.15, 0.2) is 0 Å². The Balaban J connectivity index is 1.61. The van der Waals surface area contributed by atoms with Crippen molar-refractivity contribution in [3.63, 3.8) is 0 Å². The van der Waals surface area contributed by atoms with Crippen molar-refractivity contribution in [3.8, 4) is 0 Å². The quantitative estimate of drug-likeness (QED) is 0.901. The van der Waals surface area contributed by atoms with Gasteiger partial charge >= 0.3 is 6.18 Å². The van der Waals surface area contributed by atoms with Crippen molar-refractivity contribution in [1.29, 1.82) is 0 Å². The van der Waals surface area contributed by atoms with E-state index in [4.69, 9.17) is 0 Å². The van der Waals surface area contributed by atoms with Crippen LogP contribution in [-0.4, -0.2) is 30.0 Å². The van der Waals surface area contributed by atoms with Crippen LogP contribution in [0.4, 0.5) is 19.0 Å². The van der Waals surface area contributed by atoms with Crippen molar-refractivity contribution < 1.29 is 18.0 Å². The molecule has 1 N–H and O–H groups in total. The van der Waals surface area contributed by atoms with E-state index in [1.807, 2.05) is 11.0 Å². The number of halogens is 3. The fourth-order valence-corrected chi connectivity index (χ4v) is 3.37. The molecule has 0 aromatic carbocycles. The number of allylic oxidation sites excluding steroid dienone is 1. The summed E-state index contributed by atoms with van der Waals surface area (Å²) in [6.45, 7) is 1.30. The second-order valence-electron chi connectivity index (χ2n) is 6.64. The smallest absolute Gasteiger partial charge is 0.355 e. The lowest BCUT2D eigenvalue weighted by molar-refractivity contribution is -0.137. The Kier molecular flexibility index (Phi) is 5.30. The first-order valence-electron chi connectivity index (χ1n) is 8.71. The van der Waals surface area contributed by atoms with E-state index >= 15 is 0 Å². The summed E-state index contributed by atoms with van der Waals surface area (Å²) in [4.78, 5) is 18.2. The molecule has 3 rings (SSSR count). The second-order valence-corrected chi connectivity index (χ2v) is 6.64. The first kappa shape index (κ1) is 17.8. The van der Waals surface area contributed by atoms with Gasteiger partial charge in [0.2, 0.25) is 5.91 Å². The largest absolute Gasteiger partial charge is 0.417 e. The number of hydrogen-bond acceptors (Lipinski definition) is 3. The highest BCUT2D eigenvalue weighted by Crippen LogP contribution is 2.29. The minimum atomic E-state index is -4.38. The van der Waals surface area contributed by atoms with Crippen molar-refractivity contribution in [2.24, 2.45) is 0 Å². The first-order chi connectivity index (χ1) is 11.9. The van der Waals surface area contributed by atoms with Crippen LogP contribution in [0.5, 0.6) is 0 Å². The van der Waals surface area contributed by atoms with Crippen molar-refractivity contribution in [1.82, 2.24) is 10.3 Å². The Labute approximate surface area is 145 Å². The lowest BCUT2D eigenvalue weighted by Crippen LogP contribution is -2.48. The van der Waals surface area contributed by atoms with Gasteiger partial charge in [0.1, 0.15) is 5.82 Å². The number of rotatable bonds is 3. The molecule has 0 unspecified atom stereocenters. The number of amides is 1. The summed E-state index contributed by atoms with van der Waals surface area (Å²) >= 11 is 0. The predicted molar refractivity (Wildman–Crippen MR) is 89.2 cm³/mol. The number of hydrogen-bond donors (Lipinski definition) is 1. The molecule has 136 valence electrons. The number of alkyl halides is 3. The third-order valence-electron chi connectivity index (χ3n) is 4.74. The summed E-state index contributed by atoms with van der Waals surface area (Å²) in [6.07, 6.45) is 4.19. The summed E-state index contributed by atoms with van der Waals surface area (Å²) in [5.74, 6) is 0.510. The van der Waals surface area contributed by atoms with Gasteiger partial charge in [-0.1, -0.05) is 6.08 Å². The minimum Gasteiger partial charge on any atom is -0.355 e. The monoisotopic (exact) mass is 353 g/mol. The highest BCUT2D eigenvalue weighted by atomic mass is 19.4. The maximum atomic E-state index is 12.6. The summed E-state index contributed by atoms with van der Waals surface area (Å²) in [5, 5.41) is 3.07. The molecule has 1 atom stereocenters. The van der Waals surface area contributed by atoms with Crippen LogP contribution >= 0.6 is 0 Å². The zero-order valence-electron chi connectivity index (χ0n) is 14.0. The molecule has 0 spiro atoms. The molecule has 2 heterocycles. The van der Waals surface area contributed by atoms with Gasteiger partial charge in [-0.2, -0.15) is 13.2 Å². The number of aromatic nitrogens is 1. The second kappa shape index (κ2) is 7.45. The number of pyridine rings is 1. The Morgan fingerprint density at radius 1 is 1.24 bits per heavy atom. The Hall–Kier alpha value is -2.05. The SMILES string of the molecule is O=C(N[C@H]1CCCN(c2ccc(C(F)(F)F)cn2)C1)C1=CCCCC1. The topological polar surface area (TPSA) is 45.2 Å². The van der Waals surface area contributed by atoms with Crippen molar-refractivity contribution in [2.75, 3.05) is 18.0 Å². The van der Waals surface area contributed by atoms with E-state index in [-0.39, 0.29) is 11.9 Å². The molecule has 1 fully saturated rings. The van der Waals surface area contributed by atoms with Crippen LogP contribution in [0, 0.1) is 0 Å². The third kappa shape index (κ3) is 4.52. The van der Waals surface area contributed by atoms with Gasteiger partial charge in [-0.05, 0) is 50.7 Å². The van der Waals surface area contributed by atoms with E-state index in [2.05, 4.69) is 10.3 Å². The molecule has 1 aliphatic heterocycles. The molecule has 7 heteroatoms. The zero-order valence-corrected chi connectivity index (χ0v) is 14.0. The molecule has 4 nitrogen and oxygen atoms in total. The highest BCUT2D eigenvalue weighted by molar-refractivity contribution is 5.93. The third-order valence-corrected chi connectivity index (χ3v) is 4.74. The summed E-state index contributed by atoms with van der Waals surface area (Å²) in [5.41, 5.74) is 0.110. The number of anilines is 1. The maximum absolute atomic E-state index is 12.6. The molecule has 0 radical (unpaired) electrons. The van der Waals surface area contributed by atoms with Gasteiger partial charge in [-0.25, -0.2) is 4.98 Å². The van der Waals surface area contributed by atoms with E-state index in [9.17, 15) is 18.0 Å². The van der Waals surface area contributed by atoms with Gasteiger partial charge in [-0.3, -0.25) is 4.79 Å². The fraction of sp³-hybridized carbons (Fsp3) is 0.556. The van der Waals surface area contributed by atoms with Crippen LogP contribution in [0.15, 0.2) is 30.0 Å². The van der Waals surface area contributed by atoms with Gasteiger partial charge in [0.05, 0.1) is 5.56 Å². The molecule has 0 saturated carbocycles. The molecule has 1 saturated heterocycles. The van der Waals surface area contributed by atoms with Crippen LogP contribution in [0.3, 0.4) is 0 Å². The van der Waals surface area contributed by atoms with Crippen molar-refractivity contribution in [3.05, 3.63) is 35.5 Å². The Bertz CT molecular complexity index is 640. The molecular formula is C18H22F3N3O. The summed E-state index contributed by atoms with van der Waals surface area (Å²) < 4.78 is 37.9. The maximum Gasteiger partial charge on any atom is 0.417 e. The van der Waals surface area contributed by atoms with Crippen molar-refractivity contribution in [2.45, 2.75) is 50.7 Å². The molecule has 25 heavy (non-hydrogen) atoms. The first-order valence-corrected chi connectivity index (χ1v) is 8.71. The lowest BCUT2D eigenvalue weighted by atomic mass is 9.98. The summed E-state index contributed by atoms with van der Waals surface area (Å²) in [6, 6.07) is 2.45. The van der Waals surface area contributed by atoms with E-state index in [0.717, 1.165) is 62.9 Å². The number of nitrogens with one attached hydrogen (secondary N) is 1. The molecule has 0 bridgehead atoms. The highest BCUT2D eigenvalue weighted by Gasteiger charge is 2.31. The van der Waals surface area contributed by atoms with E-state index < -0.39 is 11.7 Å². The normalized spacial score (nSPS) is 21.6. The Morgan fingerprint density at radius 3 is 2.72 bits per heavy atom. The molecule has 2 aliphatic rings. The number of nitrogens with zero attached hydrogens (tertiary/aromatic N) is 2. The number of carbonyl (C=O) groups is 1. The van der Waals surface area contributed by atoms with Gasteiger partial charge in [0, 0.05) is 30.9 Å². The molecular weight excluding hydrogens is 331 g/mol. The van der Waals surface area contributed by atoms with Crippen LogP contribution in [0.25, 0.3) is 0 Å². The van der Waals surface area contributed by atoms with E-state index in [1.165, 1.54) is 6.07 Å². The molecule has 1 aromatic heterocycles. The molecule has 1 amide bonds.